The van der Waals surface area contributed by atoms with Crippen molar-refractivity contribution in [1.29, 1.82) is 0 Å². The van der Waals surface area contributed by atoms with Gasteiger partial charge in [-0.2, -0.15) is 13.2 Å². The lowest BCUT2D eigenvalue weighted by atomic mass is 10.1. The molecule has 2 nitrogen and oxygen atoms in total. The normalized spacial score (nSPS) is 11.3. The van der Waals surface area contributed by atoms with E-state index < -0.39 is 11.7 Å². The van der Waals surface area contributed by atoms with Crippen molar-refractivity contribution in [3.05, 3.63) is 62.7 Å². The zero-order valence-corrected chi connectivity index (χ0v) is 13.8. The van der Waals surface area contributed by atoms with E-state index >= 15 is 0 Å². The lowest BCUT2D eigenvalue weighted by Gasteiger charge is -2.10. The van der Waals surface area contributed by atoms with Gasteiger partial charge in [0.05, 0.1) is 12.0 Å². The van der Waals surface area contributed by atoms with Crippen LogP contribution in [0.2, 0.25) is 0 Å². The summed E-state index contributed by atoms with van der Waals surface area (Å²) in [6.45, 7) is 1.86. The Morgan fingerprint density at radius 1 is 1.18 bits per heavy atom. The van der Waals surface area contributed by atoms with E-state index in [4.69, 9.17) is 0 Å². The number of amides is 1. The van der Waals surface area contributed by atoms with Gasteiger partial charge in [-0.15, -0.1) is 0 Å². The maximum Gasteiger partial charge on any atom is 0.416 e. The number of halogens is 4. The average molecular weight is 419 g/mol. The highest BCUT2D eigenvalue weighted by atomic mass is 127. The zero-order chi connectivity index (χ0) is 16.3. The van der Waals surface area contributed by atoms with Crippen LogP contribution in [0.5, 0.6) is 0 Å². The molecule has 116 valence electrons. The number of alkyl halides is 3. The van der Waals surface area contributed by atoms with Gasteiger partial charge in [-0.1, -0.05) is 18.2 Å². The van der Waals surface area contributed by atoms with Crippen LogP contribution < -0.4 is 5.32 Å². The second-order valence-corrected chi connectivity index (χ2v) is 6.13. The lowest BCUT2D eigenvalue weighted by Crippen LogP contribution is -2.15. The van der Waals surface area contributed by atoms with Crippen LogP contribution in [0, 0.1) is 10.5 Å². The molecule has 6 heteroatoms. The number of carbonyl (C=O) groups is 1. The number of nitrogens with one attached hydrogen (secondary N) is 1. The van der Waals surface area contributed by atoms with Crippen LogP contribution in [0.3, 0.4) is 0 Å². The Morgan fingerprint density at radius 2 is 1.91 bits per heavy atom. The molecule has 0 radical (unpaired) electrons. The number of rotatable bonds is 3. The first-order chi connectivity index (χ1) is 10.3. The molecule has 0 saturated carbocycles. The summed E-state index contributed by atoms with van der Waals surface area (Å²) in [5.41, 5.74) is 1.15. The topological polar surface area (TPSA) is 29.1 Å². The quantitative estimate of drug-likeness (QED) is 0.712. The molecule has 0 saturated heterocycles. The number of hydrogen-bond donors (Lipinski definition) is 1. The van der Waals surface area contributed by atoms with Gasteiger partial charge < -0.3 is 5.32 Å². The Kier molecular flexibility index (Phi) is 5.10. The molecule has 0 aromatic heterocycles. The van der Waals surface area contributed by atoms with Crippen LogP contribution in [0.1, 0.15) is 16.7 Å². The van der Waals surface area contributed by atoms with Crippen LogP contribution in [0.15, 0.2) is 42.5 Å². The number of carbonyl (C=O) groups excluding carboxylic acids is 1. The number of aryl methyl sites for hydroxylation is 1. The number of hydrogen-bond acceptors (Lipinski definition) is 1. The predicted octanol–water partition coefficient (Wildman–Crippen LogP) is 4.80. The first kappa shape index (κ1) is 16.8. The first-order valence-electron chi connectivity index (χ1n) is 6.48. The second kappa shape index (κ2) is 6.68. The Morgan fingerprint density at radius 3 is 2.55 bits per heavy atom. The zero-order valence-electron chi connectivity index (χ0n) is 11.7. The van der Waals surface area contributed by atoms with Crippen molar-refractivity contribution < 1.29 is 18.0 Å². The monoisotopic (exact) mass is 419 g/mol. The molecule has 1 N–H and O–H groups in total. The molecule has 0 atom stereocenters. The van der Waals surface area contributed by atoms with Crippen molar-refractivity contribution in [2.75, 3.05) is 5.32 Å². The van der Waals surface area contributed by atoms with Crippen molar-refractivity contribution in [2.45, 2.75) is 19.5 Å². The van der Waals surface area contributed by atoms with E-state index in [2.05, 4.69) is 27.9 Å². The van der Waals surface area contributed by atoms with Crippen LogP contribution in [-0.4, -0.2) is 5.91 Å². The molecule has 0 unspecified atom stereocenters. The lowest BCUT2D eigenvalue weighted by molar-refractivity contribution is -0.137. The SMILES string of the molecule is Cc1cc(I)ccc1NC(=O)Cc1cccc(C(F)(F)F)c1. The molecule has 0 aliphatic rings. The third-order valence-corrected chi connectivity index (χ3v) is 3.75. The summed E-state index contributed by atoms with van der Waals surface area (Å²) in [6.07, 6.45) is -4.51. The smallest absolute Gasteiger partial charge is 0.326 e. The second-order valence-electron chi connectivity index (χ2n) is 4.88. The largest absolute Gasteiger partial charge is 0.416 e. The Labute approximate surface area is 139 Å². The van der Waals surface area contributed by atoms with Crippen molar-refractivity contribution in [3.8, 4) is 0 Å². The standard InChI is InChI=1S/C16H13F3INO/c1-10-7-13(20)5-6-14(10)21-15(22)9-11-3-2-4-12(8-11)16(17,18)19/h2-8H,9H2,1H3,(H,21,22). The molecule has 0 heterocycles. The fraction of sp³-hybridized carbons (Fsp3) is 0.188. The van der Waals surface area contributed by atoms with Gasteiger partial charge in [0.1, 0.15) is 0 Å². The number of benzene rings is 2. The van der Waals surface area contributed by atoms with E-state index in [-0.39, 0.29) is 12.3 Å². The van der Waals surface area contributed by atoms with E-state index in [0.29, 0.717) is 11.3 Å². The van der Waals surface area contributed by atoms with E-state index in [9.17, 15) is 18.0 Å². The third kappa shape index (κ3) is 4.46. The van der Waals surface area contributed by atoms with Gasteiger partial charge >= 0.3 is 6.18 Å². The van der Waals surface area contributed by atoms with E-state index in [1.165, 1.54) is 12.1 Å². The third-order valence-electron chi connectivity index (χ3n) is 3.08. The summed E-state index contributed by atoms with van der Waals surface area (Å²) in [5, 5.41) is 2.72. The fourth-order valence-corrected chi connectivity index (χ4v) is 2.65. The first-order valence-corrected chi connectivity index (χ1v) is 7.56. The maximum atomic E-state index is 12.6. The molecule has 2 aromatic carbocycles. The summed E-state index contributed by atoms with van der Waals surface area (Å²) in [5.74, 6) is -0.344. The van der Waals surface area contributed by atoms with Gasteiger partial charge in [-0.3, -0.25) is 4.79 Å². The van der Waals surface area contributed by atoms with Gasteiger partial charge in [0, 0.05) is 9.26 Å². The molecule has 2 rings (SSSR count). The molecule has 0 bridgehead atoms. The summed E-state index contributed by atoms with van der Waals surface area (Å²) in [4.78, 5) is 12.0. The molecular weight excluding hydrogens is 406 g/mol. The fourth-order valence-electron chi connectivity index (χ4n) is 2.00. The van der Waals surface area contributed by atoms with Crippen LogP contribution in [0.4, 0.5) is 18.9 Å². The maximum absolute atomic E-state index is 12.6. The number of anilines is 1. The van der Waals surface area contributed by atoms with Crippen LogP contribution in [0.25, 0.3) is 0 Å². The van der Waals surface area contributed by atoms with Crippen molar-refractivity contribution in [2.24, 2.45) is 0 Å². The van der Waals surface area contributed by atoms with Crippen LogP contribution in [-0.2, 0) is 17.4 Å². The molecule has 0 aliphatic carbocycles. The highest BCUT2D eigenvalue weighted by Crippen LogP contribution is 2.29. The molecule has 0 aliphatic heterocycles. The molecule has 1 amide bonds. The Balaban J connectivity index is 2.09. The minimum Gasteiger partial charge on any atom is -0.326 e. The molecular formula is C16H13F3INO. The minimum absolute atomic E-state index is 0.102. The van der Waals surface area contributed by atoms with Gasteiger partial charge in [-0.05, 0) is 64.9 Å². The minimum atomic E-state index is -4.40. The van der Waals surface area contributed by atoms with Crippen molar-refractivity contribution >= 4 is 34.2 Å². The highest BCUT2D eigenvalue weighted by molar-refractivity contribution is 14.1. The molecule has 0 fully saturated rings. The van der Waals surface area contributed by atoms with Crippen molar-refractivity contribution in [1.82, 2.24) is 0 Å². The van der Waals surface area contributed by atoms with E-state index in [1.54, 1.807) is 6.07 Å². The Hall–Kier alpha value is -1.57. The predicted molar refractivity (Wildman–Crippen MR) is 87.7 cm³/mol. The van der Waals surface area contributed by atoms with E-state index in [0.717, 1.165) is 21.3 Å². The van der Waals surface area contributed by atoms with Crippen molar-refractivity contribution in [3.63, 3.8) is 0 Å². The summed E-state index contributed by atoms with van der Waals surface area (Å²) >= 11 is 2.17. The summed E-state index contributed by atoms with van der Waals surface area (Å²) in [6, 6.07) is 10.4. The van der Waals surface area contributed by atoms with E-state index in [1.807, 2.05) is 19.1 Å². The molecule has 22 heavy (non-hydrogen) atoms. The highest BCUT2D eigenvalue weighted by Gasteiger charge is 2.30. The molecule has 0 spiro atoms. The van der Waals surface area contributed by atoms with Gasteiger partial charge in [0.2, 0.25) is 5.91 Å². The Bertz CT molecular complexity index is 698. The summed E-state index contributed by atoms with van der Waals surface area (Å²) in [7, 11) is 0. The molecule has 2 aromatic rings. The van der Waals surface area contributed by atoms with Gasteiger partial charge in [-0.25, -0.2) is 0 Å². The summed E-state index contributed by atoms with van der Waals surface area (Å²) < 4.78 is 39.0. The van der Waals surface area contributed by atoms with Crippen LogP contribution >= 0.6 is 22.6 Å². The average Bonchev–Trinajstić information content (AvgIpc) is 2.41. The van der Waals surface area contributed by atoms with Gasteiger partial charge in [0.25, 0.3) is 0 Å². The van der Waals surface area contributed by atoms with Gasteiger partial charge in [0.15, 0.2) is 0 Å².